The van der Waals surface area contributed by atoms with Gasteiger partial charge in [0.25, 0.3) is 0 Å². The first-order valence-electron chi connectivity index (χ1n) is 9.05. The van der Waals surface area contributed by atoms with Crippen molar-refractivity contribution in [1.82, 2.24) is 0 Å². The molecule has 2 rings (SSSR count). The number of allylic oxidation sites excluding steroid dienone is 5. The van der Waals surface area contributed by atoms with Gasteiger partial charge in [0.15, 0.2) is 9.84 Å². The monoisotopic (exact) mass is 392 g/mol. The first kappa shape index (κ1) is 21.0. The summed E-state index contributed by atoms with van der Waals surface area (Å²) >= 11 is 6.10. The number of sulfone groups is 1. The molecule has 1 aromatic carbocycles. The average Bonchev–Trinajstić information content (AvgIpc) is 2.89. The molecule has 4 heteroatoms. The van der Waals surface area contributed by atoms with Crippen LogP contribution in [0.4, 0.5) is 0 Å². The number of hydrogen-bond acceptors (Lipinski definition) is 2. The molecule has 0 spiro atoms. The Balaban J connectivity index is 2.26. The Hall–Kier alpha value is -1.32. The number of rotatable bonds is 7. The summed E-state index contributed by atoms with van der Waals surface area (Å²) in [6.07, 6.45) is 7.97. The summed E-state index contributed by atoms with van der Waals surface area (Å²) in [5, 5.41) is 0.898. The lowest BCUT2D eigenvalue weighted by Gasteiger charge is -2.17. The second-order valence-corrected chi connectivity index (χ2v) is 10.5. The second-order valence-electron chi connectivity index (χ2n) is 7.96. The highest BCUT2D eigenvalue weighted by Crippen LogP contribution is 2.48. The summed E-state index contributed by atoms with van der Waals surface area (Å²) in [6, 6.07) is 7.26. The highest BCUT2D eigenvalue weighted by Gasteiger charge is 2.32. The molecule has 26 heavy (non-hydrogen) atoms. The molecule has 0 N–H and O–H groups in total. The van der Waals surface area contributed by atoms with Crippen molar-refractivity contribution in [2.24, 2.45) is 5.41 Å². The fraction of sp³-hybridized carbons (Fsp3) is 0.455. The van der Waals surface area contributed by atoms with Gasteiger partial charge in [-0.1, -0.05) is 55.8 Å². The van der Waals surface area contributed by atoms with Crippen LogP contribution in [-0.2, 0) is 9.84 Å². The Morgan fingerprint density at radius 1 is 1.19 bits per heavy atom. The van der Waals surface area contributed by atoms with E-state index in [1.165, 1.54) is 23.0 Å². The average molecular weight is 393 g/mol. The predicted molar refractivity (Wildman–Crippen MR) is 112 cm³/mol. The summed E-state index contributed by atoms with van der Waals surface area (Å²) < 4.78 is 23.4. The Morgan fingerprint density at radius 2 is 1.81 bits per heavy atom. The maximum Gasteiger partial charge on any atom is 0.175 e. The topological polar surface area (TPSA) is 34.1 Å². The SMILES string of the molecule is C=C(CCC/C(Cl)=C\C)C1=C(c2ccc(S(C)(=O)=O)cc2)CC(C)(C)C1. The molecule has 0 radical (unpaired) electrons. The maximum absolute atomic E-state index is 11.7. The Labute approximate surface area is 163 Å². The molecule has 0 aliphatic heterocycles. The van der Waals surface area contributed by atoms with E-state index >= 15 is 0 Å². The van der Waals surface area contributed by atoms with Gasteiger partial charge in [-0.25, -0.2) is 8.42 Å². The van der Waals surface area contributed by atoms with Crippen molar-refractivity contribution in [2.75, 3.05) is 6.26 Å². The highest BCUT2D eigenvalue weighted by molar-refractivity contribution is 7.90. The van der Waals surface area contributed by atoms with Crippen molar-refractivity contribution in [3.63, 3.8) is 0 Å². The highest BCUT2D eigenvalue weighted by atomic mass is 35.5. The van der Waals surface area contributed by atoms with Crippen molar-refractivity contribution >= 4 is 27.0 Å². The molecule has 0 unspecified atom stereocenters. The molecule has 0 saturated carbocycles. The lowest BCUT2D eigenvalue weighted by atomic mass is 9.87. The van der Waals surface area contributed by atoms with Gasteiger partial charge in [0.2, 0.25) is 0 Å². The molecular weight excluding hydrogens is 364 g/mol. The molecule has 142 valence electrons. The van der Waals surface area contributed by atoms with E-state index in [1.807, 2.05) is 25.1 Å². The first-order valence-corrected chi connectivity index (χ1v) is 11.3. The third-order valence-corrected chi connectivity index (χ3v) is 6.48. The van der Waals surface area contributed by atoms with E-state index in [0.29, 0.717) is 4.90 Å². The molecule has 0 bridgehead atoms. The third kappa shape index (κ3) is 5.34. The summed E-state index contributed by atoms with van der Waals surface area (Å²) in [5.41, 5.74) is 5.12. The van der Waals surface area contributed by atoms with Gasteiger partial charge in [-0.15, -0.1) is 0 Å². The van der Waals surface area contributed by atoms with Crippen molar-refractivity contribution in [1.29, 1.82) is 0 Å². The van der Waals surface area contributed by atoms with Gasteiger partial charge in [0, 0.05) is 11.3 Å². The van der Waals surface area contributed by atoms with E-state index in [-0.39, 0.29) is 5.41 Å². The summed E-state index contributed by atoms with van der Waals surface area (Å²) in [7, 11) is -3.17. The zero-order chi connectivity index (χ0) is 19.5. The minimum atomic E-state index is -3.17. The van der Waals surface area contributed by atoms with Crippen LogP contribution in [0.3, 0.4) is 0 Å². The smallest absolute Gasteiger partial charge is 0.175 e. The fourth-order valence-corrected chi connectivity index (χ4v) is 4.28. The van der Waals surface area contributed by atoms with Crippen LogP contribution in [0.5, 0.6) is 0 Å². The van der Waals surface area contributed by atoms with Crippen LogP contribution in [0, 0.1) is 5.41 Å². The first-order chi connectivity index (χ1) is 12.0. The zero-order valence-corrected chi connectivity index (χ0v) is 17.8. The van der Waals surface area contributed by atoms with E-state index in [9.17, 15) is 8.42 Å². The lowest BCUT2D eigenvalue weighted by molar-refractivity contribution is 0.397. The summed E-state index contributed by atoms with van der Waals surface area (Å²) in [4.78, 5) is 0.362. The van der Waals surface area contributed by atoms with E-state index in [1.54, 1.807) is 12.1 Å². The Bertz CT molecular complexity index is 841. The summed E-state index contributed by atoms with van der Waals surface area (Å²) in [5.74, 6) is 0. The van der Waals surface area contributed by atoms with Crippen molar-refractivity contribution < 1.29 is 8.42 Å². The van der Waals surface area contributed by atoms with Gasteiger partial charge in [-0.3, -0.25) is 0 Å². The second kappa shape index (κ2) is 8.14. The maximum atomic E-state index is 11.7. The molecule has 0 atom stereocenters. The lowest BCUT2D eigenvalue weighted by Crippen LogP contribution is -2.05. The van der Waals surface area contributed by atoms with Crippen molar-refractivity contribution in [3.05, 3.63) is 58.7 Å². The van der Waals surface area contributed by atoms with Gasteiger partial charge in [0.05, 0.1) is 4.90 Å². The molecule has 0 amide bonds. The van der Waals surface area contributed by atoms with Gasteiger partial charge < -0.3 is 0 Å². The quantitative estimate of drug-likeness (QED) is 0.528. The van der Waals surface area contributed by atoms with E-state index < -0.39 is 9.84 Å². The van der Waals surface area contributed by atoms with Crippen LogP contribution in [0.2, 0.25) is 0 Å². The van der Waals surface area contributed by atoms with Crippen LogP contribution in [0.1, 0.15) is 58.4 Å². The number of hydrogen-bond donors (Lipinski definition) is 0. The van der Waals surface area contributed by atoms with Crippen LogP contribution in [-0.4, -0.2) is 14.7 Å². The normalized spacial score (nSPS) is 17.7. The van der Waals surface area contributed by atoms with E-state index in [0.717, 1.165) is 42.7 Å². The van der Waals surface area contributed by atoms with Crippen LogP contribution in [0.25, 0.3) is 5.57 Å². The molecule has 1 aliphatic carbocycles. The molecule has 2 nitrogen and oxygen atoms in total. The third-order valence-electron chi connectivity index (χ3n) is 4.94. The van der Waals surface area contributed by atoms with Gasteiger partial charge in [0.1, 0.15) is 0 Å². The van der Waals surface area contributed by atoms with Crippen LogP contribution in [0.15, 0.2) is 58.0 Å². The van der Waals surface area contributed by atoms with Gasteiger partial charge in [-0.2, -0.15) is 0 Å². The standard InChI is InChI=1S/C22H29ClO2S/c1-6-18(23)9-7-8-16(2)20-14-22(3,4)15-21(20)17-10-12-19(13-11-17)26(5,24)25/h6,10-13H,2,7-9,14-15H2,1,3-5H3/b18-6+. The van der Waals surface area contributed by atoms with Crippen molar-refractivity contribution in [3.8, 4) is 0 Å². The molecule has 1 aliphatic rings. The minimum absolute atomic E-state index is 0.198. The Kier molecular flexibility index (Phi) is 6.57. The summed E-state index contributed by atoms with van der Waals surface area (Å²) in [6.45, 7) is 10.8. The van der Waals surface area contributed by atoms with Crippen LogP contribution < -0.4 is 0 Å². The van der Waals surface area contributed by atoms with E-state index in [4.69, 9.17) is 11.6 Å². The number of benzene rings is 1. The molecule has 0 aromatic heterocycles. The molecule has 0 fully saturated rings. The molecule has 1 aromatic rings. The largest absolute Gasteiger partial charge is 0.224 e. The number of halogens is 1. The Morgan fingerprint density at radius 3 is 2.35 bits per heavy atom. The molecule has 0 heterocycles. The molecule has 0 saturated heterocycles. The van der Waals surface area contributed by atoms with Crippen LogP contribution >= 0.6 is 11.6 Å². The van der Waals surface area contributed by atoms with Gasteiger partial charge >= 0.3 is 0 Å². The zero-order valence-electron chi connectivity index (χ0n) is 16.2. The predicted octanol–water partition coefficient (Wildman–Crippen LogP) is 6.53. The van der Waals surface area contributed by atoms with E-state index in [2.05, 4.69) is 20.4 Å². The minimum Gasteiger partial charge on any atom is -0.224 e. The molecular formula is C22H29ClO2S. The van der Waals surface area contributed by atoms with Gasteiger partial charge in [-0.05, 0) is 73.3 Å². The fourth-order valence-electron chi connectivity index (χ4n) is 3.52. The van der Waals surface area contributed by atoms with Crippen molar-refractivity contribution in [2.45, 2.75) is 57.8 Å².